The van der Waals surface area contributed by atoms with Gasteiger partial charge in [-0.15, -0.1) is 11.3 Å². The Kier molecular flexibility index (Phi) is 6.83. The van der Waals surface area contributed by atoms with Crippen LogP contribution in [0.4, 0.5) is 0 Å². The van der Waals surface area contributed by atoms with Crippen molar-refractivity contribution in [1.82, 2.24) is 19.6 Å². The molecule has 34 heavy (non-hydrogen) atoms. The van der Waals surface area contributed by atoms with Crippen molar-refractivity contribution in [2.45, 2.75) is 39.1 Å². The number of amides is 1. The topological polar surface area (TPSA) is 105 Å². The van der Waals surface area contributed by atoms with E-state index in [0.29, 0.717) is 29.6 Å². The summed E-state index contributed by atoms with van der Waals surface area (Å²) in [5.74, 6) is 0.857. The van der Waals surface area contributed by atoms with Crippen LogP contribution in [0.15, 0.2) is 52.0 Å². The van der Waals surface area contributed by atoms with Gasteiger partial charge >= 0.3 is 0 Å². The Balaban J connectivity index is 1.51. The molecule has 0 aliphatic heterocycles. The van der Waals surface area contributed by atoms with E-state index in [-0.39, 0.29) is 17.3 Å². The lowest BCUT2D eigenvalue weighted by molar-refractivity contribution is 0.0954. The van der Waals surface area contributed by atoms with Gasteiger partial charge in [-0.25, -0.2) is 18.4 Å². The van der Waals surface area contributed by atoms with Gasteiger partial charge in [0.2, 0.25) is 10.0 Å². The number of aryl methyl sites for hydroxylation is 2. The summed E-state index contributed by atoms with van der Waals surface area (Å²) in [6.07, 6.45) is 1.57. The largest absolute Gasteiger partial charge is 0.461 e. The first-order chi connectivity index (χ1) is 16.3. The molecule has 0 spiro atoms. The molecule has 3 heterocycles. The van der Waals surface area contributed by atoms with Gasteiger partial charge in [0.25, 0.3) is 5.91 Å². The molecule has 0 unspecified atom stereocenters. The monoisotopic (exact) mass is 498 g/mol. The van der Waals surface area contributed by atoms with E-state index in [2.05, 4.69) is 15.3 Å². The molecule has 0 saturated heterocycles. The van der Waals surface area contributed by atoms with E-state index < -0.39 is 10.0 Å². The average Bonchev–Trinajstić information content (AvgIpc) is 3.47. The average molecular weight is 499 g/mol. The summed E-state index contributed by atoms with van der Waals surface area (Å²) in [5.41, 5.74) is 2.43. The van der Waals surface area contributed by atoms with E-state index in [0.717, 1.165) is 27.0 Å². The summed E-state index contributed by atoms with van der Waals surface area (Å²) in [5, 5.41) is 3.80. The maximum atomic E-state index is 13.0. The third-order valence-corrected chi connectivity index (χ3v) is 8.89. The lowest BCUT2D eigenvalue weighted by Crippen LogP contribution is -2.30. The Labute approximate surface area is 202 Å². The molecule has 1 N–H and O–H groups in total. The zero-order valence-electron chi connectivity index (χ0n) is 19.5. The molecule has 1 aromatic carbocycles. The van der Waals surface area contributed by atoms with Crippen LogP contribution < -0.4 is 5.32 Å². The van der Waals surface area contributed by atoms with Crippen molar-refractivity contribution < 1.29 is 17.6 Å². The molecule has 10 heteroatoms. The summed E-state index contributed by atoms with van der Waals surface area (Å²) in [6.45, 7) is 8.52. The van der Waals surface area contributed by atoms with Crippen LogP contribution >= 0.6 is 11.3 Å². The van der Waals surface area contributed by atoms with Gasteiger partial charge in [-0.3, -0.25) is 4.79 Å². The van der Waals surface area contributed by atoms with Gasteiger partial charge in [0, 0.05) is 25.0 Å². The number of carbonyl (C=O) groups is 1. The van der Waals surface area contributed by atoms with Gasteiger partial charge in [0.1, 0.15) is 4.83 Å². The third kappa shape index (κ3) is 4.48. The normalized spacial score (nSPS) is 11.9. The molecular formula is C24H26N4O4S2. The first kappa shape index (κ1) is 24.1. The molecule has 0 aliphatic rings. The van der Waals surface area contributed by atoms with Gasteiger partial charge in [-0.1, -0.05) is 26.0 Å². The molecule has 8 nitrogen and oxygen atoms in total. The van der Waals surface area contributed by atoms with Gasteiger partial charge in [-0.2, -0.15) is 4.31 Å². The van der Waals surface area contributed by atoms with E-state index in [1.165, 1.54) is 15.6 Å². The fraction of sp³-hybridized carbons (Fsp3) is 0.292. The number of aromatic nitrogens is 2. The Hall–Kier alpha value is -3.08. The van der Waals surface area contributed by atoms with Crippen molar-refractivity contribution in [1.29, 1.82) is 0 Å². The first-order valence-corrected chi connectivity index (χ1v) is 13.2. The number of nitrogens with one attached hydrogen (secondary N) is 1. The van der Waals surface area contributed by atoms with E-state index in [4.69, 9.17) is 4.42 Å². The predicted molar refractivity (Wildman–Crippen MR) is 132 cm³/mol. The van der Waals surface area contributed by atoms with Crippen molar-refractivity contribution in [3.8, 4) is 11.6 Å². The molecule has 0 saturated carbocycles. The number of fused-ring (bicyclic) bond motifs is 1. The molecule has 4 aromatic rings. The number of benzene rings is 1. The first-order valence-electron chi connectivity index (χ1n) is 10.9. The summed E-state index contributed by atoms with van der Waals surface area (Å²) >= 11 is 1.32. The van der Waals surface area contributed by atoms with Crippen molar-refractivity contribution in [2.24, 2.45) is 0 Å². The van der Waals surface area contributed by atoms with Crippen molar-refractivity contribution >= 4 is 37.5 Å². The van der Waals surface area contributed by atoms with Crippen molar-refractivity contribution in [3.63, 3.8) is 0 Å². The standard InChI is InChI=1S/C24H26N4O4S2/c1-5-28(6-2)34(30,31)18-11-9-17(10-12-18)14-25-23(29)21-15(3)20-16(4)26-22(27-24(20)33-21)19-8-7-13-32-19/h7-13H,5-6,14H2,1-4H3,(H,25,29). The van der Waals surface area contributed by atoms with E-state index in [9.17, 15) is 13.2 Å². The van der Waals surface area contributed by atoms with E-state index in [1.807, 2.05) is 27.7 Å². The number of hydrogen-bond donors (Lipinski definition) is 1. The molecule has 1 amide bonds. The molecule has 0 aliphatic carbocycles. The second-order valence-electron chi connectivity index (χ2n) is 7.76. The third-order valence-electron chi connectivity index (χ3n) is 5.64. The minimum absolute atomic E-state index is 0.209. The molecule has 178 valence electrons. The van der Waals surface area contributed by atoms with Crippen LogP contribution in [0.1, 0.15) is 40.3 Å². The number of nitrogens with zero attached hydrogens (tertiary/aromatic N) is 3. The molecule has 0 atom stereocenters. The van der Waals surface area contributed by atoms with E-state index in [1.54, 1.807) is 42.7 Å². The Morgan fingerprint density at radius 1 is 1.09 bits per heavy atom. The van der Waals surface area contributed by atoms with Crippen LogP contribution in [0.5, 0.6) is 0 Å². The smallest absolute Gasteiger partial charge is 0.261 e. The number of hydrogen-bond acceptors (Lipinski definition) is 7. The lowest BCUT2D eigenvalue weighted by Gasteiger charge is -2.18. The van der Waals surface area contributed by atoms with Crippen LogP contribution in [0.2, 0.25) is 0 Å². The second kappa shape index (κ2) is 9.65. The van der Waals surface area contributed by atoms with Crippen LogP contribution in [0.25, 0.3) is 21.8 Å². The molecule has 0 bridgehead atoms. The highest BCUT2D eigenvalue weighted by Gasteiger charge is 2.22. The minimum Gasteiger partial charge on any atom is -0.461 e. The summed E-state index contributed by atoms with van der Waals surface area (Å²) in [4.78, 5) is 23.6. The maximum Gasteiger partial charge on any atom is 0.261 e. The van der Waals surface area contributed by atoms with Gasteiger partial charge < -0.3 is 9.73 Å². The molecule has 0 radical (unpaired) electrons. The van der Waals surface area contributed by atoms with E-state index >= 15 is 0 Å². The van der Waals surface area contributed by atoms with Gasteiger partial charge in [0.05, 0.1) is 21.7 Å². The number of carbonyl (C=O) groups excluding carboxylic acids is 1. The van der Waals surface area contributed by atoms with Gasteiger partial charge in [0.15, 0.2) is 11.6 Å². The van der Waals surface area contributed by atoms with Crippen LogP contribution in [0.3, 0.4) is 0 Å². The van der Waals surface area contributed by atoms with Gasteiger partial charge in [-0.05, 0) is 49.2 Å². The SMILES string of the molecule is CCN(CC)S(=O)(=O)c1ccc(CNC(=O)c2sc3nc(-c4ccco4)nc(C)c3c2C)cc1. The number of sulfonamides is 1. The Morgan fingerprint density at radius 2 is 1.79 bits per heavy atom. The lowest BCUT2D eigenvalue weighted by atomic mass is 10.1. The fourth-order valence-corrected chi connectivity index (χ4v) is 6.43. The Morgan fingerprint density at radius 3 is 2.41 bits per heavy atom. The molecule has 0 fully saturated rings. The quantitative estimate of drug-likeness (QED) is 0.383. The molecule has 3 aromatic heterocycles. The summed E-state index contributed by atoms with van der Waals surface area (Å²) < 4.78 is 32.1. The van der Waals surface area contributed by atoms with Crippen LogP contribution in [-0.2, 0) is 16.6 Å². The van der Waals surface area contributed by atoms with Crippen molar-refractivity contribution in [3.05, 3.63) is 64.4 Å². The maximum absolute atomic E-state index is 13.0. The molecule has 4 rings (SSSR count). The zero-order chi connectivity index (χ0) is 24.5. The number of rotatable bonds is 8. The minimum atomic E-state index is -3.51. The van der Waals surface area contributed by atoms with Crippen LogP contribution in [-0.4, -0.2) is 41.7 Å². The summed E-state index contributed by atoms with van der Waals surface area (Å²) in [7, 11) is -3.51. The highest BCUT2D eigenvalue weighted by Crippen LogP contribution is 2.33. The predicted octanol–water partition coefficient (Wildman–Crippen LogP) is 4.53. The zero-order valence-corrected chi connectivity index (χ0v) is 21.1. The second-order valence-corrected chi connectivity index (χ2v) is 10.7. The number of furan rings is 1. The number of thiophene rings is 1. The highest BCUT2D eigenvalue weighted by atomic mass is 32.2. The molecular weight excluding hydrogens is 472 g/mol. The summed E-state index contributed by atoms with van der Waals surface area (Å²) in [6, 6.07) is 10.2. The fourth-order valence-electron chi connectivity index (χ4n) is 3.83. The highest BCUT2D eigenvalue weighted by molar-refractivity contribution is 7.89. The van der Waals surface area contributed by atoms with Crippen LogP contribution in [0, 0.1) is 13.8 Å². The van der Waals surface area contributed by atoms with Crippen molar-refractivity contribution in [2.75, 3.05) is 13.1 Å². The Bertz CT molecular complexity index is 1420.